The summed E-state index contributed by atoms with van der Waals surface area (Å²) in [5.74, 6) is -0.894. The van der Waals surface area contributed by atoms with Crippen molar-refractivity contribution in [2.24, 2.45) is 0 Å². The van der Waals surface area contributed by atoms with Gasteiger partial charge in [0.1, 0.15) is 23.2 Å². The number of rotatable bonds is 4. The lowest BCUT2D eigenvalue weighted by atomic mass is 10.2. The molecule has 2 rings (SSSR count). The molecule has 0 radical (unpaired) electrons. The van der Waals surface area contributed by atoms with E-state index >= 15 is 0 Å². The molecule has 1 unspecified atom stereocenters. The number of ketones is 1. The number of Topliss-reactive ketones (excluding diaryl/α,β-unsaturated/α-hetero) is 1. The summed E-state index contributed by atoms with van der Waals surface area (Å²) in [5.41, 5.74) is -0.212. The van der Waals surface area contributed by atoms with E-state index in [1.165, 1.54) is 12.1 Å². The summed E-state index contributed by atoms with van der Waals surface area (Å²) in [6.45, 7) is 1.54. The Morgan fingerprint density at radius 3 is 2.80 bits per heavy atom. The molecular weight excluding hydrogens is 301 g/mol. The average Bonchev–Trinajstić information content (AvgIpc) is 2.84. The zero-order chi connectivity index (χ0) is 14.7. The quantitative estimate of drug-likeness (QED) is 0.800. The standard InChI is InChI=1S/C14H9ClFNO2S/c1-8(14(18)12-5-6-13(15)20-12)19-11-4-2-3-10(16)9(11)7-17/h2-6,8H,1H3. The fourth-order valence-corrected chi connectivity index (χ4v) is 2.66. The third kappa shape index (κ3) is 2.98. The summed E-state index contributed by atoms with van der Waals surface area (Å²) in [5, 5.41) is 8.90. The molecular formula is C14H9ClFNO2S. The predicted molar refractivity (Wildman–Crippen MR) is 74.9 cm³/mol. The highest BCUT2D eigenvalue weighted by Crippen LogP contribution is 2.25. The Kier molecular flexibility index (Phi) is 4.38. The molecule has 0 saturated carbocycles. The molecule has 20 heavy (non-hydrogen) atoms. The molecule has 1 aromatic heterocycles. The van der Waals surface area contributed by atoms with Crippen molar-refractivity contribution in [2.45, 2.75) is 13.0 Å². The van der Waals surface area contributed by atoms with Crippen LogP contribution in [0.5, 0.6) is 5.75 Å². The van der Waals surface area contributed by atoms with Gasteiger partial charge >= 0.3 is 0 Å². The summed E-state index contributed by atoms with van der Waals surface area (Å²) >= 11 is 6.92. The van der Waals surface area contributed by atoms with Gasteiger partial charge < -0.3 is 4.74 Å². The molecule has 3 nitrogen and oxygen atoms in total. The van der Waals surface area contributed by atoms with E-state index in [0.29, 0.717) is 9.21 Å². The Morgan fingerprint density at radius 2 is 2.20 bits per heavy atom. The van der Waals surface area contributed by atoms with Gasteiger partial charge in [-0.15, -0.1) is 11.3 Å². The Morgan fingerprint density at radius 1 is 1.45 bits per heavy atom. The molecule has 0 aliphatic rings. The van der Waals surface area contributed by atoms with E-state index in [1.807, 2.05) is 0 Å². The predicted octanol–water partition coefficient (Wildman–Crippen LogP) is 4.06. The lowest BCUT2D eigenvalue weighted by Gasteiger charge is -2.14. The van der Waals surface area contributed by atoms with Crippen molar-refractivity contribution in [3.05, 3.63) is 50.9 Å². The van der Waals surface area contributed by atoms with Gasteiger partial charge in [0.15, 0.2) is 6.10 Å². The molecule has 6 heteroatoms. The fraction of sp³-hybridized carbons (Fsp3) is 0.143. The van der Waals surface area contributed by atoms with Gasteiger partial charge in [0, 0.05) is 0 Å². The van der Waals surface area contributed by atoms with Gasteiger partial charge in [-0.2, -0.15) is 5.26 Å². The number of carbonyl (C=O) groups excluding carboxylic acids is 1. The maximum absolute atomic E-state index is 13.4. The molecule has 1 heterocycles. The maximum atomic E-state index is 13.4. The van der Waals surface area contributed by atoms with Gasteiger partial charge in [0.2, 0.25) is 5.78 Å². The summed E-state index contributed by atoms with van der Waals surface area (Å²) in [6.07, 6.45) is -0.835. The molecule has 1 aromatic carbocycles. The van der Waals surface area contributed by atoms with E-state index < -0.39 is 11.9 Å². The second kappa shape index (κ2) is 6.04. The first-order valence-electron chi connectivity index (χ1n) is 5.67. The van der Waals surface area contributed by atoms with Crippen LogP contribution in [-0.2, 0) is 0 Å². The largest absolute Gasteiger partial charge is 0.481 e. The van der Waals surface area contributed by atoms with E-state index in [1.54, 1.807) is 25.1 Å². The highest BCUT2D eigenvalue weighted by molar-refractivity contribution is 7.18. The molecule has 0 N–H and O–H groups in total. The van der Waals surface area contributed by atoms with Gasteiger partial charge in [-0.1, -0.05) is 17.7 Å². The molecule has 0 aliphatic carbocycles. The van der Waals surface area contributed by atoms with Crippen molar-refractivity contribution in [1.29, 1.82) is 5.26 Å². The molecule has 2 aromatic rings. The molecule has 0 amide bonds. The number of ether oxygens (including phenoxy) is 1. The maximum Gasteiger partial charge on any atom is 0.212 e. The van der Waals surface area contributed by atoms with E-state index in [2.05, 4.69) is 0 Å². The molecule has 0 spiro atoms. The van der Waals surface area contributed by atoms with Crippen LogP contribution in [0.2, 0.25) is 4.34 Å². The van der Waals surface area contributed by atoms with Crippen LogP contribution in [0, 0.1) is 17.1 Å². The number of benzene rings is 1. The lowest BCUT2D eigenvalue weighted by molar-refractivity contribution is 0.0821. The number of hydrogen-bond acceptors (Lipinski definition) is 4. The van der Waals surface area contributed by atoms with E-state index in [9.17, 15) is 9.18 Å². The minimum Gasteiger partial charge on any atom is -0.481 e. The van der Waals surface area contributed by atoms with E-state index in [0.717, 1.165) is 17.4 Å². The van der Waals surface area contributed by atoms with Gasteiger partial charge in [0.25, 0.3) is 0 Å². The van der Waals surface area contributed by atoms with Crippen LogP contribution in [0.4, 0.5) is 4.39 Å². The van der Waals surface area contributed by atoms with Crippen LogP contribution in [0.15, 0.2) is 30.3 Å². The molecule has 0 aliphatic heterocycles. The monoisotopic (exact) mass is 309 g/mol. The first-order valence-corrected chi connectivity index (χ1v) is 6.87. The first-order chi connectivity index (χ1) is 9.52. The highest BCUT2D eigenvalue weighted by atomic mass is 35.5. The summed E-state index contributed by atoms with van der Waals surface area (Å²) in [4.78, 5) is 12.6. The zero-order valence-corrected chi connectivity index (χ0v) is 12.0. The number of halogens is 2. The number of nitrogens with zero attached hydrogens (tertiary/aromatic N) is 1. The van der Waals surface area contributed by atoms with Crippen LogP contribution in [0.3, 0.4) is 0 Å². The van der Waals surface area contributed by atoms with Crippen molar-refractivity contribution in [2.75, 3.05) is 0 Å². The fourth-order valence-electron chi connectivity index (χ4n) is 1.60. The van der Waals surface area contributed by atoms with E-state index in [4.69, 9.17) is 21.6 Å². The summed E-state index contributed by atoms with van der Waals surface area (Å²) in [6, 6.07) is 8.98. The first kappa shape index (κ1) is 14.5. The topological polar surface area (TPSA) is 50.1 Å². The number of nitriles is 1. The van der Waals surface area contributed by atoms with Crippen LogP contribution in [0.25, 0.3) is 0 Å². The minimum absolute atomic E-state index is 0.0519. The summed E-state index contributed by atoms with van der Waals surface area (Å²) in [7, 11) is 0. The Balaban J connectivity index is 2.20. The van der Waals surface area contributed by atoms with Crippen LogP contribution >= 0.6 is 22.9 Å². The van der Waals surface area contributed by atoms with Gasteiger partial charge in [-0.05, 0) is 31.2 Å². The molecule has 0 saturated heterocycles. The second-order valence-electron chi connectivity index (χ2n) is 3.95. The second-order valence-corrected chi connectivity index (χ2v) is 5.67. The van der Waals surface area contributed by atoms with Crippen molar-refractivity contribution in [3.63, 3.8) is 0 Å². The van der Waals surface area contributed by atoms with Gasteiger partial charge in [-0.25, -0.2) is 4.39 Å². The third-order valence-corrected chi connectivity index (χ3v) is 3.82. The Labute approximate surface area is 124 Å². The van der Waals surface area contributed by atoms with Crippen LogP contribution in [-0.4, -0.2) is 11.9 Å². The third-order valence-electron chi connectivity index (χ3n) is 2.58. The van der Waals surface area contributed by atoms with Crippen molar-refractivity contribution < 1.29 is 13.9 Å². The SMILES string of the molecule is CC(Oc1cccc(F)c1C#N)C(=O)c1ccc(Cl)s1. The normalized spacial score (nSPS) is 11.7. The van der Waals surface area contributed by atoms with Crippen molar-refractivity contribution >= 4 is 28.7 Å². The number of thiophene rings is 1. The smallest absolute Gasteiger partial charge is 0.212 e. The molecule has 0 fully saturated rings. The molecule has 102 valence electrons. The zero-order valence-electron chi connectivity index (χ0n) is 10.4. The molecule has 0 bridgehead atoms. The van der Waals surface area contributed by atoms with Crippen molar-refractivity contribution in [3.8, 4) is 11.8 Å². The van der Waals surface area contributed by atoms with E-state index in [-0.39, 0.29) is 17.1 Å². The number of hydrogen-bond donors (Lipinski definition) is 0. The average molecular weight is 310 g/mol. The molecule has 1 atom stereocenters. The van der Waals surface area contributed by atoms with Crippen LogP contribution < -0.4 is 4.74 Å². The Hall–Kier alpha value is -1.90. The van der Waals surface area contributed by atoms with Gasteiger partial charge in [0.05, 0.1) is 9.21 Å². The van der Waals surface area contributed by atoms with Crippen molar-refractivity contribution in [1.82, 2.24) is 0 Å². The van der Waals surface area contributed by atoms with Crippen LogP contribution in [0.1, 0.15) is 22.2 Å². The highest BCUT2D eigenvalue weighted by Gasteiger charge is 2.20. The number of carbonyl (C=O) groups is 1. The Bertz CT molecular complexity index is 693. The minimum atomic E-state index is -0.835. The van der Waals surface area contributed by atoms with Gasteiger partial charge in [-0.3, -0.25) is 4.79 Å². The summed E-state index contributed by atoms with van der Waals surface area (Å²) < 4.78 is 19.3. The lowest BCUT2D eigenvalue weighted by Crippen LogP contribution is -2.23.